The number of thiocarbonyl (C=S) groups is 1. The van der Waals surface area contributed by atoms with Crippen LogP contribution in [-0.4, -0.2) is 398 Å². The molecule has 0 aromatic heterocycles. The van der Waals surface area contributed by atoms with Crippen molar-refractivity contribution >= 4 is 123 Å². The lowest BCUT2D eigenvalue weighted by atomic mass is 10.0. The minimum atomic E-state index is -1.22. The highest BCUT2D eigenvalue weighted by Gasteiger charge is 2.27. The van der Waals surface area contributed by atoms with Crippen LogP contribution in [0, 0.1) is 3.57 Å². The molecule has 1 aliphatic heterocycles. The van der Waals surface area contributed by atoms with Crippen molar-refractivity contribution in [3.63, 3.8) is 0 Å². The summed E-state index contributed by atoms with van der Waals surface area (Å²) in [6.45, 7) is 12.1. The molecule has 137 heavy (non-hydrogen) atoms. The van der Waals surface area contributed by atoms with E-state index in [0.717, 1.165) is 40.8 Å². The van der Waals surface area contributed by atoms with Crippen LogP contribution in [0.3, 0.4) is 0 Å². The number of rotatable bonds is 78. The number of ether oxygens (including phenoxy) is 11. The Labute approximate surface area is 822 Å². The summed E-state index contributed by atoms with van der Waals surface area (Å²) in [6, 6.07) is 18.7. The molecule has 0 radical (unpaired) electrons. The third kappa shape index (κ3) is 64.5. The third-order valence-electron chi connectivity index (χ3n) is 21.0. The van der Waals surface area contributed by atoms with Crippen molar-refractivity contribution in [2.45, 2.75) is 133 Å². The zero-order valence-electron chi connectivity index (χ0n) is 79.4. The molecule has 45 heteroatoms. The number of likely N-dealkylation sites (N-methyl/N-ethyl adjacent to an activating group) is 2. The first-order valence-electron chi connectivity index (χ1n) is 46.9. The number of aliphatic carboxylic acids is 5. The Kier molecular flexibility index (Phi) is 67.8. The fourth-order valence-electron chi connectivity index (χ4n) is 13.4. The highest BCUT2D eigenvalue weighted by Crippen LogP contribution is 2.19. The van der Waals surface area contributed by atoms with Gasteiger partial charge in [0, 0.05) is 144 Å². The third-order valence-corrected chi connectivity index (χ3v) is 21.9. The van der Waals surface area contributed by atoms with Gasteiger partial charge >= 0.3 is 41.9 Å². The summed E-state index contributed by atoms with van der Waals surface area (Å²) in [7, 11) is 4.06. The molecule has 1 saturated heterocycles. The lowest BCUT2D eigenvalue weighted by Crippen LogP contribution is -2.50. The van der Waals surface area contributed by atoms with Crippen LogP contribution in [0.2, 0.25) is 0 Å². The van der Waals surface area contributed by atoms with Crippen molar-refractivity contribution in [3.8, 4) is 0 Å². The van der Waals surface area contributed by atoms with E-state index in [9.17, 15) is 73.2 Å². The second-order valence-electron chi connectivity index (χ2n) is 32.2. The molecule has 0 saturated carbocycles. The maximum Gasteiger partial charge on any atom is 0.326 e. The fraction of sp³-hybridized carbons (Fsp3) is 0.652. The van der Waals surface area contributed by atoms with Crippen LogP contribution < -0.4 is 64.2 Å². The molecule has 8 amide bonds. The molecular weight excluding hydrogens is 1920 g/mol. The maximum absolute atomic E-state index is 13.6. The average Bonchev–Trinajstić information content (AvgIpc) is 0.869. The summed E-state index contributed by atoms with van der Waals surface area (Å²) < 4.78 is 62.8. The van der Waals surface area contributed by atoms with E-state index in [4.69, 9.17) is 75.2 Å². The van der Waals surface area contributed by atoms with Gasteiger partial charge in [-0.15, -0.1) is 0 Å². The number of benzene rings is 3. The summed E-state index contributed by atoms with van der Waals surface area (Å²) in [5.41, 5.74) is 10.8. The second-order valence-corrected chi connectivity index (χ2v) is 33.9. The van der Waals surface area contributed by atoms with Crippen molar-refractivity contribution in [1.29, 1.82) is 0 Å². The molecule has 4 atom stereocenters. The van der Waals surface area contributed by atoms with Crippen LogP contribution in [0.25, 0.3) is 5.70 Å². The van der Waals surface area contributed by atoms with Gasteiger partial charge in [0.15, 0.2) is 5.11 Å². The van der Waals surface area contributed by atoms with Crippen molar-refractivity contribution in [2.24, 2.45) is 5.73 Å². The summed E-state index contributed by atoms with van der Waals surface area (Å²) in [5, 5.41) is 78.6. The predicted molar refractivity (Wildman–Crippen MR) is 524 cm³/mol. The van der Waals surface area contributed by atoms with Gasteiger partial charge in [-0.05, 0) is 180 Å². The van der Waals surface area contributed by atoms with Gasteiger partial charge in [0.05, 0.1) is 164 Å². The molecule has 1 aliphatic rings. The van der Waals surface area contributed by atoms with Gasteiger partial charge in [0.1, 0.15) is 18.1 Å². The van der Waals surface area contributed by atoms with E-state index in [2.05, 4.69) is 103 Å². The zero-order chi connectivity index (χ0) is 99.5. The molecule has 0 spiro atoms. The Morgan fingerprint density at radius 1 is 0.423 bits per heavy atom. The van der Waals surface area contributed by atoms with E-state index < -0.39 is 65.9 Å². The molecule has 1 fully saturated rings. The smallest absolute Gasteiger partial charge is 0.326 e. The normalized spacial score (nSPS) is 14.3. The van der Waals surface area contributed by atoms with Crippen LogP contribution >= 0.6 is 34.8 Å². The molecule has 0 aliphatic carbocycles. The first-order valence-corrected chi connectivity index (χ1v) is 48.4. The molecule has 4 rings (SSSR count). The molecular formula is C92H149IN16O27S. The van der Waals surface area contributed by atoms with Crippen molar-refractivity contribution in [2.75, 3.05) is 268 Å². The number of halogens is 1. The van der Waals surface area contributed by atoms with Crippen molar-refractivity contribution in [1.82, 2.24) is 67.5 Å². The maximum atomic E-state index is 13.6. The Bertz CT molecular complexity index is 3940. The zero-order valence-corrected chi connectivity index (χ0v) is 82.3. The fourth-order valence-corrected chi connectivity index (χ4v) is 14.0. The lowest BCUT2D eigenvalue weighted by Gasteiger charge is -2.36. The van der Waals surface area contributed by atoms with Gasteiger partial charge in [-0.3, -0.25) is 43.4 Å². The number of urea groups is 2. The van der Waals surface area contributed by atoms with Crippen molar-refractivity contribution < 1.29 is 130 Å². The monoisotopic (exact) mass is 2070 g/mol. The second kappa shape index (κ2) is 77.4. The SMILES string of the molecule is CN1CCN(CC(=O)O)CCN(CC(=O)O)CC(Cc2ccc(NC(=S)NCCCC[C@H](NC(=O)CCOCCOCCOCCN/C=C(\N)c3cccc(NC(=O)NCCCC[C@H](NC(=O)NCCCC(=O)O)C(=O)O)c3)C(=O)NCCOCCOCCOCCOCCOCCOCCOCCOCCC(=O)N[C@@H](CCCCNC(=O)CCCc3ccc(I)cc3)C(=O)O)cc2)N(C)CC1. The number of aryl methyl sites for hydroxylation is 1. The Hall–Kier alpha value is -9.41. The lowest BCUT2D eigenvalue weighted by molar-refractivity contribution is -0.142. The summed E-state index contributed by atoms with van der Waals surface area (Å²) >= 11 is 7.91. The molecule has 0 bridgehead atoms. The molecule has 3 aromatic rings. The van der Waals surface area contributed by atoms with Crippen LogP contribution in [0.1, 0.15) is 113 Å². The molecule has 772 valence electrons. The number of hydrogen-bond acceptors (Lipinski definition) is 29. The topological polar surface area (TPSA) is 562 Å². The van der Waals surface area contributed by atoms with E-state index in [-0.39, 0.29) is 148 Å². The first kappa shape index (κ1) is 120. The van der Waals surface area contributed by atoms with Gasteiger partial charge in [0.2, 0.25) is 23.6 Å². The number of carboxylic acids is 5. The van der Waals surface area contributed by atoms with Gasteiger partial charge in [-0.1, -0.05) is 36.4 Å². The number of hydrogen-bond donors (Lipinski definition) is 17. The van der Waals surface area contributed by atoms with E-state index >= 15 is 0 Å². The van der Waals surface area contributed by atoms with Gasteiger partial charge in [-0.2, -0.15) is 0 Å². The predicted octanol–water partition coefficient (Wildman–Crippen LogP) is 3.21. The minimum Gasteiger partial charge on any atom is -0.481 e. The number of carbonyl (C=O) groups excluding carboxylic acids is 6. The van der Waals surface area contributed by atoms with E-state index in [0.29, 0.717) is 225 Å². The molecule has 18 N–H and O–H groups in total. The van der Waals surface area contributed by atoms with Crippen LogP contribution in [0.15, 0.2) is 79.0 Å². The molecule has 1 unspecified atom stereocenters. The van der Waals surface area contributed by atoms with E-state index in [1.807, 2.05) is 60.3 Å². The molecule has 43 nitrogen and oxygen atoms in total. The number of anilines is 2. The number of carbonyl (C=O) groups is 11. The van der Waals surface area contributed by atoms with Gasteiger partial charge < -0.3 is 152 Å². The highest BCUT2D eigenvalue weighted by molar-refractivity contribution is 14.1. The summed E-state index contributed by atoms with van der Waals surface area (Å²) in [5.74, 6) is -6.42. The van der Waals surface area contributed by atoms with Crippen LogP contribution in [0.5, 0.6) is 0 Å². The number of carboxylic acid groups (broad SMARTS) is 5. The van der Waals surface area contributed by atoms with Crippen LogP contribution in [-0.2, 0) is 108 Å². The number of nitrogens with two attached hydrogens (primary N) is 1. The average molecular weight is 2070 g/mol. The summed E-state index contributed by atoms with van der Waals surface area (Å²) in [4.78, 5) is 142. The van der Waals surface area contributed by atoms with Crippen molar-refractivity contribution in [3.05, 3.63) is 99.3 Å². The number of amides is 8. The largest absolute Gasteiger partial charge is 0.481 e. The quantitative estimate of drug-likeness (QED) is 0.0219. The Balaban J connectivity index is 1.06. The molecule has 1 heterocycles. The molecule has 3 aromatic carbocycles. The first-order chi connectivity index (χ1) is 66.2. The number of nitrogens with one attached hydrogen (secondary N) is 11. The summed E-state index contributed by atoms with van der Waals surface area (Å²) in [6.07, 6.45) is 8.10. The van der Waals surface area contributed by atoms with E-state index in [1.54, 1.807) is 30.5 Å². The standard InChI is InChI=1S/C92H149IN16O27S/c1-106-36-38-107(2)76(67-109(69-86(117)118)41-40-108(39-37-106)68-85(115)116)64-71-22-26-74(27-23-71)102-92(137)100-32-8-3-15-78(103-82(111)28-42-126-46-50-130-52-48-128-44-34-95-66-77(94)72-13-10-14-75(65-72)101-90(124)98-31-7-5-17-80(89(122)123)105-91(125)99-33-11-19-84(113)114)87(119)97-35-45-129-49-53-132-55-57-134-59-61-136-63-62-135-60-58-133-56-54-131-51-47-127-43-29-83(112)104-79(88(120)121)16-4-6-30-96-81(110)18-9-12-70-20-24-73(93)25-21-70/h10,13-14,20-27,65-66,76,78-80,95H,3-9,11-12,15-19,28-64,67-69,94H2,1-2H3,(H,96,110)(H,97,119)(H,103,111)(H,104,112)(H,113,114)(H,115,116)(H,117,118)(H,120,121)(H,122,123)(H2,98,101,124)(H2,99,105,125)(H2,100,102,137)/b77-66-/t76?,78-,79-,80-/m0/s1. The Morgan fingerprint density at radius 2 is 0.876 bits per heavy atom. The Morgan fingerprint density at radius 3 is 1.42 bits per heavy atom. The minimum absolute atomic E-state index is 0.00365. The van der Waals surface area contributed by atoms with Gasteiger partial charge in [0.25, 0.3) is 0 Å². The number of unbranched alkanes of at least 4 members (excludes halogenated alkanes) is 3. The number of nitrogens with zero attached hydrogens (tertiary/aromatic N) is 4. The highest BCUT2D eigenvalue weighted by atomic mass is 127. The van der Waals surface area contributed by atoms with Crippen LogP contribution in [0.4, 0.5) is 21.0 Å². The van der Waals surface area contributed by atoms with Gasteiger partial charge in [-0.25, -0.2) is 19.2 Å². The van der Waals surface area contributed by atoms with E-state index in [1.165, 1.54) is 5.56 Å².